The monoisotopic (exact) mass is 600 g/mol. The summed E-state index contributed by atoms with van der Waals surface area (Å²) in [6.07, 6.45) is 1.77. The van der Waals surface area contributed by atoms with Gasteiger partial charge in [-0.15, -0.1) is 0 Å². The molecule has 0 saturated heterocycles. The van der Waals surface area contributed by atoms with Crippen molar-refractivity contribution in [2.24, 2.45) is 0 Å². The Balaban J connectivity index is 1.29. The van der Waals surface area contributed by atoms with Gasteiger partial charge in [0.15, 0.2) is 17.5 Å². The zero-order valence-corrected chi connectivity index (χ0v) is 25.1. The van der Waals surface area contributed by atoms with Crippen LogP contribution in [0.4, 0.5) is 0 Å². The van der Waals surface area contributed by atoms with E-state index in [1.165, 1.54) is 10.8 Å². The number of hydrogen-bond acceptors (Lipinski definition) is 5. The van der Waals surface area contributed by atoms with Gasteiger partial charge in [-0.2, -0.15) is 0 Å². The van der Waals surface area contributed by atoms with E-state index in [-0.39, 0.29) is 0 Å². The van der Waals surface area contributed by atoms with Crippen LogP contribution in [-0.2, 0) is 0 Å². The Morgan fingerprint density at radius 1 is 0.404 bits per heavy atom. The van der Waals surface area contributed by atoms with Crippen LogP contribution in [0.15, 0.2) is 150 Å². The summed E-state index contributed by atoms with van der Waals surface area (Å²) in [4.78, 5) is 20.2. The van der Waals surface area contributed by atoms with Gasteiger partial charge in [0.1, 0.15) is 5.58 Å². The number of fused-ring (bicyclic) bond motifs is 8. The van der Waals surface area contributed by atoms with Crippen molar-refractivity contribution >= 4 is 65.2 Å². The third-order valence-corrected chi connectivity index (χ3v) is 9.13. The van der Waals surface area contributed by atoms with Gasteiger partial charge in [-0.25, -0.2) is 19.9 Å². The van der Waals surface area contributed by atoms with Crippen LogP contribution in [0, 0.1) is 0 Å². The van der Waals surface area contributed by atoms with E-state index < -0.39 is 0 Å². The van der Waals surface area contributed by atoms with Crippen LogP contribution in [0.25, 0.3) is 99.3 Å². The topological polar surface area (TPSA) is 64.7 Å². The maximum absolute atomic E-state index is 6.32. The number of pyridine rings is 1. The predicted molar refractivity (Wildman–Crippen MR) is 191 cm³/mol. The molecule has 47 heavy (non-hydrogen) atoms. The summed E-state index contributed by atoms with van der Waals surface area (Å²) in [5, 5.41) is 11.0. The lowest BCUT2D eigenvalue weighted by Crippen LogP contribution is -2.01. The van der Waals surface area contributed by atoms with Crippen molar-refractivity contribution in [2.45, 2.75) is 0 Å². The van der Waals surface area contributed by atoms with Crippen molar-refractivity contribution in [2.75, 3.05) is 0 Å². The number of nitrogens with zero attached hydrogens (tertiary/aromatic N) is 4. The molecular weight excluding hydrogens is 576 g/mol. The van der Waals surface area contributed by atoms with E-state index in [4.69, 9.17) is 19.4 Å². The molecule has 0 aliphatic carbocycles. The summed E-state index contributed by atoms with van der Waals surface area (Å²) in [6.45, 7) is 0. The highest BCUT2D eigenvalue weighted by Crippen LogP contribution is 2.39. The third kappa shape index (κ3) is 4.10. The number of rotatable bonds is 3. The lowest BCUT2D eigenvalue weighted by Gasteiger charge is -2.13. The molecular formula is C42H24N4O. The summed E-state index contributed by atoms with van der Waals surface area (Å²) in [5.41, 5.74) is 4.06. The molecule has 0 N–H and O–H groups in total. The Morgan fingerprint density at radius 3 is 1.83 bits per heavy atom. The van der Waals surface area contributed by atoms with E-state index >= 15 is 0 Å². The molecule has 0 spiro atoms. The van der Waals surface area contributed by atoms with Crippen LogP contribution in [-0.4, -0.2) is 19.9 Å². The minimum atomic E-state index is 0.554. The molecule has 0 radical (unpaired) electrons. The highest BCUT2D eigenvalue weighted by atomic mass is 16.3. The van der Waals surface area contributed by atoms with E-state index in [1.54, 1.807) is 6.20 Å². The Morgan fingerprint density at radius 2 is 1.02 bits per heavy atom. The summed E-state index contributed by atoms with van der Waals surface area (Å²) in [6, 6.07) is 48.4. The van der Waals surface area contributed by atoms with E-state index in [2.05, 4.69) is 132 Å². The highest BCUT2D eigenvalue weighted by molar-refractivity contribution is 6.15. The maximum atomic E-state index is 6.32. The van der Waals surface area contributed by atoms with Crippen molar-refractivity contribution in [1.29, 1.82) is 0 Å². The van der Waals surface area contributed by atoms with Crippen LogP contribution >= 0.6 is 0 Å². The first-order chi connectivity index (χ1) is 23.3. The van der Waals surface area contributed by atoms with Crippen LogP contribution in [0.2, 0.25) is 0 Å². The van der Waals surface area contributed by atoms with E-state index in [9.17, 15) is 0 Å². The Bertz CT molecular complexity index is 2870. The van der Waals surface area contributed by atoms with E-state index in [0.717, 1.165) is 65.4 Å². The molecule has 5 nitrogen and oxygen atoms in total. The second kappa shape index (κ2) is 10.0. The summed E-state index contributed by atoms with van der Waals surface area (Å²) in [7, 11) is 0. The third-order valence-electron chi connectivity index (χ3n) is 9.13. The average molecular weight is 601 g/mol. The fraction of sp³-hybridized carbons (Fsp3) is 0. The van der Waals surface area contributed by atoms with Crippen molar-refractivity contribution < 1.29 is 4.42 Å². The molecule has 5 heteroatoms. The Labute approximate surface area is 268 Å². The Hall–Kier alpha value is -6.46. The van der Waals surface area contributed by atoms with Gasteiger partial charge in [0, 0.05) is 28.3 Å². The average Bonchev–Trinajstić information content (AvgIpc) is 3.50. The van der Waals surface area contributed by atoms with Crippen molar-refractivity contribution in [3.05, 3.63) is 146 Å². The minimum Gasteiger partial charge on any atom is -0.438 e. The first-order valence-electron chi connectivity index (χ1n) is 15.6. The van der Waals surface area contributed by atoms with Crippen LogP contribution in [0.5, 0.6) is 0 Å². The highest BCUT2D eigenvalue weighted by Gasteiger charge is 2.20. The molecule has 0 fully saturated rings. The smallest absolute Gasteiger partial charge is 0.228 e. The zero-order chi connectivity index (χ0) is 30.9. The zero-order valence-electron chi connectivity index (χ0n) is 25.1. The lowest BCUT2D eigenvalue weighted by molar-refractivity contribution is 0.654. The molecule has 0 unspecified atom stereocenters. The van der Waals surface area contributed by atoms with Crippen LogP contribution in [0.3, 0.4) is 0 Å². The molecule has 0 saturated carbocycles. The number of benzene rings is 7. The fourth-order valence-electron chi connectivity index (χ4n) is 6.88. The predicted octanol–water partition coefficient (Wildman–Crippen LogP) is 10.8. The van der Waals surface area contributed by atoms with Gasteiger partial charge in [0.25, 0.3) is 0 Å². The summed E-state index contributed by atoms with van der Waals surface area (Å²) >= 11 is 0. The first kappa shape index (κ1) is 25.8. The van der Waals surface area contributed by atoms with Crippen LogP contribution in [0.1, 0.15) is 0 Å². The molecule has 3 heterocycles. The maximum Gasteiger partial charge on any atom is 0.228 e. The number of hydrogen-bond donors (Lipinski definition) is 0. The second-order valence-corrected chi connectivity index (χ2v) is 11.9. The molecule has 0 atom stereocenters. The molecule has 0 amide bonds. The van der Waals surface area contributed by atoms with Gasteiger partial charge < -0.3 is 4.42 Å². The normalized spacial score (nSPS) is 11.8. The first-order valence-corrected chi connectivity index (χ1v) is 15.6. The number of aromatic nitrogens is 4. The van der Waals surface area contributed by atoms with Crippen molar-refractivity contribution in [1.82, 2.24) is 19.9 Å². The lowest BCUT2D eigenvalue weighted by atomic mass is 9.96. The minimum absolute atomic E-state index is 0.554. The quantitative estimate of drug-likeness (QED) is 0.189. The van der Waals surface area contributed by atoms with Gasteiger partial charge in [-0.1, -0.05) is 109 Å². The van der Waals surface area contributed by atoms with Crippen molar-refractivity contribution in [3.8, 4) is 34.2 Å². The molecule has 3 aromatic heterocycles. The summed E-state index contributed by atoms with van der Waals surface area (Å²) < 4.78 is 6.32. The molecule has 10 rings (SSSR count). The summed E-state index contributed by atoms with van der Waals surface area (Å²) in [5.74, 6) is 1.79. The second-order valence-electron chi connectivity index (χ2n) is 11.9. The number of furan rings is 1. The Kier molecular flexibility index (Phi) is 5.51. The van der Waals surface area contributed by atoms with Gasteiger partial charge in [-0.05, 0) is 73.4 Å². The molecule has 0 aliphatic rings. The van der Waals surface area contributed by atoms with Gasteiger partial charge in [0.05, 0.1) is 5.39 Å². The van der Waals surface area contributed by atoms with E-state index in [1.807, 2.05) is 12.1 Å². The van der Waals surface area contributed by atoms with Gasteiger partial charge in [0.2, 0.25) is 5.71 Å². The SMILES string of the molecule is c1ccc2cc(-c3nc(-c4cc5ccccc5c5ccccc45)nc(-c4ccnc5oc6cc7ccccc7cc6c45)n3)ccc2c1. The van der Waals surface area contributed by atoms with Gasteiger partial charge in [-0.3, -0.25) is 0 Å². The van der Waals surface area contributed by atoms with Crippen molar-refractivity contribution in [3.63, 3.8) is 0 Å². The molecule has 218 valence electrons. The molecule has 0 aliphatic heterocycles. The molecule has 0 bridgehead atoms. The molecule has 7 aromatic carbocycles. The largest absolute Gasteiger partial charge is 0.438 e. The standard InChI is InChI=1S/C42H24N4O/c1-2-10-26-21-30(18-17-25(26)9-1)39-44-40(34-19-20-43-42-38(34)36-22-27-11-3-4-12-28(27)24-37(36)47-42)46-41(45-39)35-23-29-13-5-6-14-31(29)32-15-7-8-16-33(32)35/h1-24H. The molecule has 10 aromatic rings. The van der Waals surface area contributed by atoms with E-state index in [0.29, 0.717) is 23.2 Å². The van der Waals surface area contributed by atoms with Crippen LogP contribution < -0.4 is 0 Å². The fourth-order valence-corrected chi connectivity index (χ4v) is 6.88. The van der Waals surface area contributed by atoms with Gasteiger partial charge >= 0.3 is 0 Å².